The first-order valence-electron chi connectivity index (χ1n) is 7.33. The van der Waals surface area contributed by atoms with Crippen LogP contribution in [0.5, 0.6) is 5.75 Å². The lowest BCUT2D eigenvalue weighted by molar-refractivity contribution is 0.340. The van der Waals surface area contributed by atoms with Crippen LogP contribution in [0.2, 0.25) is 0 Å². The van der Waals surface area contributed by atoms with Gasteiger partial charge < -0.3 is 10.5 Å². The van der Waals surface area contributed by atoms with Gasteiger partial charge in [0.2, 0.25) is 0 Å². The fraction of sp³-hybridized carbons (Fsp3) is 0.471. The molecular weight excluding hydrogens is 280 g/mol. The summed E-state index contributed by atoms with van der Waals surface area (Å²) < 4.78 is 5.48. The number of nitrogens with zero attached hydrogens (tertiary/aromatic N) is 1. The van der Waals surface area contributed by atoms with Gasteiger partial charge >= 0.3 is 0 Å². The molecule has 0 aliphatic rings. The Morgan fingerprint density at radius 3 is 2.29 bits per heavy atom. The number of thiazole rings is 1. The molecule has 1 atom stereocenters. The highest BCUT2D eigenvalue weighted by Crippen LogP contribution is 2.37. The normalized spacial score (nSPS) is 13.2. The monoisotopic (exact) mass is 304 g/mol. The van der Waals surface area contributed by atoms with Crippen LogP contribution in [0.15, 0.2) is 24.3 Å². The smallest absolute Gasteiger partial charge is 0.123 e. The van der Waals surface area contributed by atoms with Crippen molar-refractivity contribution < 1.29 is 4.74 Å². The van der Waals surface area contributed by atoms with Gasteiger partial charge in [-0.15, -0.1) is 11.3 Å². The molecule has 0 radical (unpaired) electrons. The molecule has 0 amide bonds. The van der Waals surface area contributed by atoms with E-state index in [4.69, 9.17) is 15.5 Å². The Hall–Kier alpha value is -1.39. The summed E-state index contributed by atoms with van der Waals surface area (Å²) in [6.07, 6.45) is 0. The third kappa shape index (κ3) is 3.63. The van der Waals surface area contributed by atoms with E-state index >= 15 is 0 Å². The highest BCUT2D eigenvalue weighted by Gasteiger charge is 2.25. The Kier molecular flexibility index (Phi) is 4.69. The highest BCUT2D eigenvalue weighted by molar-refractivity contribution is 7.15. The van der Waals surface area contributed by atoms with Gasteiger partial charge in [-0.25, -0.2) is 4.98 Å². The molecule has 0 aliphatic carbocycles. The van der Waals surface area contributed by atoms with E-state index in [0.29, 0.717) is 6.61 Å². The van der Waals surface area contributed by atoms with Gasteiger partial charge in [0.05, 0.1) is 12.3 Å². The maximum atomic E-state index is 6.12. The van der Waals surface area contributed by atoms with Crippen molar-refractivity contribution in [3.8, 4) is 16.3 Å². The SMILES string of the molecule is CCOc1ccc(-c2nc(C(C)(C)C)c(C(C)N)s2)cc1. The first-order valence-corrected chi connectivity index (χ1v) is 8.14. The van der Waals surface area contributed by atoms with Crippen molar-refractivity contribution in [3.63, 3.8) is 0 Å². The summed E-state index contributed by atoms with van der Waals surface area (Å²) in [5.41, 5.74) is 8.33. The molecule has 2 aromatic rings. The van der Waals surface area contributed by atoms with Gasteiger partial charge in [-0.1, -0.05) is 20.8 Å². The van der Waals surface area contributed by atoms with E-state index in [-0.39, 0.29) is 11.5 Å². The average molecular weight is 304 g/mol. The molecule has 0 saturated carbocycles. The quantitative estimate of drug-likeness (QED) is 0.903. The van der Waals surface area contributed by atoms with Crippen LogP contribution in [0.25, 0.3) is 10.6 Å². The lowest BCUT2D eigenvalue weighted by Gasteiger charge is -2.18. The van der Waals surface area contributed by atoms with Crippen LogP contribution in [0.4, 0.5) is 0 Å². The molecule has 3 nitrogen and oxygen atoms in total. The Morgan fingerprint density at radius 2 is 1.86 bits per heavy atom. The van der Waals surface area contributed by atoms with E-state index in [1.165, 1.54) is 4.88 Å². The number of nitrogens with two attached hydrogens (primary N) is 1. The summed E-state index contributed by atoms with van der Waals surface area (Å²) in [5.74, 6) is 0.890. The zero-order valence-corrected chi connectivity index (χ0v) is 14.3. The Morgan fingerprint density at radius 1 is 1.24 bits per heavy atom. The average Bonchev–Trinajstić information content (AvgIpc) is 2.85. The van der Waals surface area contributed by atoms with Crippen molar-refractivity contribution in [2.45, 2.75) is 46.1 Å². The second-order valence-electron chi connectivity index (χ2n) is 6.23. The van der Waals surface area contributed by atoms with Crippen LogP contribution in [-0.4, -0.2) is 11.6 Å². The first kappa shape index (κ1) is 16.0. The minimum Gasteiger partial charge on any atom is -0.494 e. The Labute approximate surface area is 131 Å². The predicted molar refractivity (Wildman–Crippen MR) is 90.0 cm³/mol. The molecule has 0 aliphatic heterocycles. The highest BCUT2D eigenvalue weighted by atomic mass is 32.1. The molecule has 1 aromatic heterocycles. The van der Waals surface area contributed by atoms with E-state index in [1.54, 1.807) is 11.3 Å². The summed E-state index contributed by atoms with van der Waals surface area (Å²) in [7, 11) is 0. The van der Waals surface area contributed by atoms with Crippen molar-refractivity contribution in [2.75, 3.05) is 6.61 Å². The topological polar surface area (TPSA) is 48.1 Å². The largest absolute Gasteiger partial charge is 0.494 e. The number of rotatable bonds is 4. The summed E-state index contributed by atoms with van der Waals surface area (Å²) in [6, 6.07) is 8.10. The van der Waals surface area contributed by atoms with Gasteiger partial charge in [-0.2, -0.15) is 0 Å². The third-order valence-corrected chi connectivity index (χ3v) is 4.50. The molecule has 1 heterocycles. The van der Waals surface area contributed by atoms with Crippen molar-refractivity contribution in [1.82, 2.24) is 4.98 Å². The van der Waals surface area contributed by atoms with Gasteiger partial charge in [0.25, 0.3) is 0 Å². The fourth-order valence-corrected chi connectivity index (χ4v) is 3.40. The number of benzene rings is 1. The maximum Gasteiger partial charge on any atom is 0.123 e. The number of ether oxygens (including phenoxy) is 1. The minimum atomic E-state index is 0.00295. The van der Waals surface area contributed by atoms with Crippen LogP contribution in [0.3, 0.4) is 0 Å². The van der Waals surface area contributed by atoms with Crippen LogP contribution in [-0.2, 0) is 5.41 Å². The van der Waals surface area contributed by atoms with Crippen molar-refractivity contribution in [1.29, 1.82) is 0 Å². The molecule has 21 heavy (non-hydrogen) atoms. The van der Waals surface area contributed by atoms with E-state index in [2.05, 4.69) is 32.9 Å². The number of aromatic nitrogens is 1. The lowest BCUT2D eigenvalue weighted by atomic mass is 9.90. The van der Waals surface area contributed by atoms with Gasteiger partial charge in [0.1, 0.15) is 10.8 Å². The Balaban J connectivity index is 2.40. The molecule has 2 rings (SSSR count). The summed E-state index contributed by atoms with van der Waals surface area (Å²) >= 11 is 1.69. The van der Waals surface area contributed by atoms with E-state index in [1.807, 2.05) is 26.0 Å². The maximum absolute atomic E-state index is 6.12. The van der Waals surface area contributed by atoms with E-state index in [0.717, 1.165) is 22.0 Å². The third-order valence-electron chi connectivity index (χ3n) is 3.19. The van der Waals surface area contributed by atoms with Crippen LogP contribution in [0, 0.1) is 0 Å². The van der Waals surface area contributed by atoms with Crippen molar-refractivity contribution >= 4 is 11.3 Å². The predicted octanol–water partition coefficient (Wildman–Crippen LogP) is 4.53. The van der Waals surface area contributed by atoms with Gasteiger partial charge in [0.15, 0.2) is 0 Å². The van der Waals surface area contributed by atoms with Gasteiger partial charge in [0, 0.05) is 21.9 Å². The molecular formula is C17H24N2OS. The standard InChI is InChI=1S/C17H24N2OS/c1-6-20-13-9-7-12(8-10-13)16-19-15(17(3,4)5)14(21-16)11(2)18/h7-11H,6,18H2,1-5H3. The molecule has 0 saturated heterocycles. The Bertz CT molecular complexity index is 594. The van der Waals surface area contributed by atoms with Gasteiger partial charge in [-0.3, -0.25) is 0 Å². The summed E-state index contributed by atoms with van der Waals surface area (Å²) in [4.78, 5) is 6.02. The summed E-state index contributed by atoms with van der Waals surface area (Å²) in [5, 5.41) is 1.02. The fourth-order valence-electron chi connectivity index (χ4n) is 2.16. The molecule has 2 N–H and O–H groups in total. The number of hydrogen-bond donors (Lipinski definition) is 1. The zero-order valence-electron chi connectivity index (χ0n) is 13.4. The molecule has 114 valence electrons. The molecule has 0 bridgehead atoms. The second-order valence-corrected chi connectivity index (χ2v) is 7.26. The second kappa shape index (κ2) is 6.16. The molecule has 4 heteroatoms. The summed E-state index contributed by atoms with van der Waals surface area (Å²) in [6.45, 7) is 11.2. The van der Waals surface area contributed by atoms with Crippen molar-refractivity contribution in [2.24, 2.45) is 5.73 Å². The first-order chi connectivity index (χ1) is 9.82. The number of hydrogen-bond acceptors (Lipinski definition) is 4. The molecule has 1 aromatic carbocycles. The van der Waals surface area contributed by atoms with E-state index < -0.39 is 0 Å². The zero-order chi connectivity index (χ0) is 15.6. The van der Waals surface area contributed by atoms with Crippen LogP contribution in [0.1, 0.15) is 51.2 Å². The lowest BCUT2D eigenvalue weighted by Crippen LogP contribution is -2.17. The molecule has 0 spiro atoms. The molecule has 1 unspecified atom stereocenters. The van der Waals surface area contributed by atoms with E-state index in [9.17, 15) is 0 Å². The van der Waals surface area contributed by atoms with Crippen LogP contribution >= 0.6 is 11.3 Å². The van der Waals surface area contributed by atoms with Gasteiger partial charge in [-0.05, 0) is 38.1 Å². The van der Waals surface area contributed by atoms with Crippen LogP contribution < -0.4 is 10.5 Å². The minimum absolute atomic E-state index is 0.00295. The van der Waals surface area contributed by atoms with Crippen molar-refractivity contribution in [3.05, 3.63) is 34.8 Å². The molecule has 0 fully saturated rings.